The Morgan fingerprint density at radius 3 is 2.81 bits per heavy atom. The van der Waals surface area contributed by atoms with Gasteiger partial charge in [0.15, 0.2) is 0 Å². The van der Waals surface area contributed by atoms with Crippen molar-refractivity contribution in [3.05, 3.63) is 41.7 Å². The number of hydrogen-bond donors (Lipinski definition) is 2. The standard InChI is InChI=1S/C17H22FNO2/c18-15-9-7-13(8-10-15)3-2-6-17(21)19-12-14-4-1-5-16(20)11-14/h2-3,7-10,14,16,20H,1,4-6,11-12H2,(H,19,21)/b3-2+. The molecule has 114 valence electrons. The molecular formula is C17H22FNO2. The number of hydrogen-bond acceptors (Lipinski definition) is 2. The van der Waals surface area contributed by atoms with Gasteiger partial charge in [-0.3, -0.25) is 4.79 Å². The van der Waals surface area contributed by atoms with Gasteiger partial charge in [-0.1, -0.05) is 30.7 Å². The molecule has 3 nitrogen and oxygen atoms in total. The van der Waals surface area contributed by atoms with Gasteiger partial charge in [-0.05, 0) is 42.9 Å². The molecule has 1 amide bonds. The number of aliphatic hydroxyl groups excluding tert-OH is 1. The fraction of sp³-hybridized carbons (Fsp3) is 0.471. The van der Waals surface area contributed by atoms with Gasteiger partial charge < -0.3 is 10.4 Å². The zero-order valence-corrected chi connectivity index (χ0v) is 12.1. The third-order valence-electron chi connectivity index (χ3n) is 3.83. The van der Waals surface area contributed by atoms with E-state index in [1.807, 2.05) is 6.08 Å². The molecule has 2 N–H and O–H groups in total. The monoisotopic (exact) mass is 291 g/mol. The first kappa shape index (κ1) is 15.7. The summed E-state index contributed by atoms with van der Waals surface area (Å²) in [4.78, 5) is 11.7. The first-order valence-electron chi connectivity index (χ1n) is 7.50. The van der Waals surface area contributed by atoms with Crippen LogP contribution in [-0.4, -0.2) is 23.7 Å². The topological polar surface area (TPSA) is 49.3 Å². The number of amides is 1. The zero-order chi connectivity index (χ0) is 15.1. The normalized spacial score (nSPS) is 22.4. The maximum absolute atomic E-state index is 12.7. The lowest BCUT2D eigenvalue weighted by atomic mass is 9.87. The Hall–Kier alpha value is -1.68. The minimum atomic E-state index is -0.264. The van der Waals surface area contributed by atoms with Crippen molar-refractivity contribution >= 4 is 12.0 Å². The summed E-state index contributed by atoms with van der Waals surface area (Å²) in [6.07, 6.45) is 7.46. The van der Waals surface area contributed by atoms with Gasteiger partial charge in [0.25, 0.3) is 0 Å². The minimum Gasteiger partial charge on any atom is -0.393 e. The van der Waals surface area contributed by atoms with E-state index in [2.05, 4.69) is 5.32 Å². The largest absolute Gasteiger partial charge is 0.393 e. The van der Waals surface area contributed by atoms with Crippen LogP contribution < -0.4 is 5.32 Å². The lowest BCUT2D eigenvalue weighted by Crippen LogP contribution is -2.32. The predicted molar refractivity (Wildman–Crippen MR) is 81.0 cm³/mol. The van der Waals surface area contributed by atoms with Crippen LogP contribution in [0.2, 0.25) is 0 Å². The van der Waals surface area contributed by atoms with Crippen molar-refractivity contribution < 1.29 is 14.3 Å². The Morgan fingerprint density at radius 1 is 1.33 bits per heavy atom. The zero-order valence-electron chi connectivity index (χ0n) is 12.1. The average molecular weight is 291 g/mol. The highest BCUT2D eigenvalue weighted by molar-refractivity contribution is 5.78. The fourth-order valence-electron chi connectivity index (χ4n) is 2.65. The average Bonchev–Trinajstić information content (AvgIpc) is 2.47. The van der Waals surface area contributed by atoms with Crippen LogP contribution in [0.1, 0.15) is 37.7 Å². The van der Waals surface area contributed by atoms with Crippen LogP contribution in [-0.2, 0) is 4.79 Å². The molecule has 4 heteroatoms. The SMILES string of the molecule is O=C(C/C=C/c1ccc(F)cc1)NCC1CCCC(O)C1. The first-order valence-corrected chi connectivity index (χ1v) is 7.50. The summed E-state index contributed by atoms with van der Waals surface area (Å²) in [5.41, 5.74) is 0.875. The Balaban J connectivity index is 1.68. The van der Waals surface area contributed by atoms with E-state index in [0.29, 0.717) is 18.9 Å². The van der Waals surface area contributed by atoms with Crippen LogP contribution in [0.15, 0.2) is 30.3 Å². The van der Waals surface area contributed by atoms with Crippen molar-refractivity contribution in [2.24, 2.45) is 5.92 Å². The third kappa shape index (κ3) is 5.68. The number of halogens is 1. The Bertz CT molecular complexity index is 484. The minimum absolute atomic E-state index is 0.0200. The van der Waals surface area contributed by atoms with Gasteiger partial charge in [-0.15, -0.1) is 0 Å². The van der Waals surface area contributed by atoms with E-state index in [1.54, 1.807) is 18.2 Å². The summed E-state index contributed by atoms with van der Waals surface area (Å²) in [6.45, 7) is 0.639. The third-order valence-corrected chi connectivity index (χ3v) is 3.83. The summed E-state index contributed by atoms with van der Waals surface area (Å²) in [5.74, 6) is 0.103. The Kier molecular flexibility index (Phi) is 5.93. The Labute approximate surface area is 124 Å². The second-order valence-electron chi connectivity index (χ2n) is 5.65. The van der Waals surface area contributed by atoms with Crippen molar-refractivity contribution in [1.29, 1.82) is 0 Å². The number of carbonyl (C=O) groups excluding carboxylic acids is 1. The molecule has 0 heterocycles. The van der Waals surface area contributed by atoms with Gasteiger partial charge in [-0.25, -0.2) is 4.39 Å². The number of benzene rings is 1. The second-order valence-corrected chi connectivity index (χ2v) is 5.65. The lowest BCUT2D eigenvalue weighted by Gasteiger charge is -2.25. The van der Waals surface area contributed by atoms with Crippen molar-refractivity contribution in [3.63, 3.8) is 0 Å². The van der Waals surface area contributed by atoms with E-state index in [1.165, 1.54) is 12.1 Å². The summed E-state index contributed by atoms with van der Waals surface area (Å²) in [6, 6.07) is 6.14. The van der Waals surface area contributed by atoms with E-state index in [9.17, 15) is 14.3 Å². The summed E-state index contributed by atoms with van der Waals surface area (Å²) in [7, 11) is 0. The maximum Gasteiger partial charge on any atom is 0.223 e. The van der Waals surface area contributed by atoms with Gasteiger partial charge in [-0.2, -0.15) is 0 Å². The van der Waals surface area contributed by atoms with E-state index in [-0.39, 0.29) is 17.8 Å². The number of nitrogens with one attached hydrogen (secondary N) is 1. The first-order chi connectivity index (χ1) is 10.1. The molecule has 1 fully saturated rings. The number of aliphatic hydroxyl groups is 1. The highest BCUT2D eigenvalue weighted by Gasteiger charge is 2.20. The molecule has 0 aromatic heterocycles. The van der Waals surface area contributed by atoms with Gasteiger partial charge in [0.05, 0.1) is 6.10 Å². The van der Waals surface area contributed by atoms with Gasteiger partial charge >= 0.3 is 0 Å². The molecule has 2 unspecified atom stereocenters. The molecule has 2 atom stereocenters. The quantitative estimate of drug-likeness (QED) is 0.876. The fourth-order valence-corrected chi connectivity index (χ4v) is 2.65. The summed E-state index contributed by atoms with van der Waals surface area (Å²) in [5, 5.41) is 12.5. The molecule has 0 bridgehead atoms. The smallest absolute Gasteiger partial charge is 0.223 e. The predicted octanol–water partition coefficient (Wildman–Crippen LogP) is 2.90. The summed E-state index contributed by atoms with van der Waals surface area (Å²) < 4.78 is 12.7. The van der Waals surface area contributed by atoms with Crippen LogP contribution in [0, 0.1) is 11.7 Å². The van der Waals surface area contributed by atoms with Crippen molar-refractivity contribution in [2.45, 2.75) is 38.2 Å². The molecule has 1 aromatic rings. The molecule has 1 aliphatic carbocycles. The molecule has 0 saturated heterocycles. The van der Waals surface area contributed by atoms with E-state index >= 15 is 0 Å². The van der Waals surface area contributed by atoms with Crippen LogP contribution in [0.4, 0.5) is 4.39 Å². The highest BCUT2D eigenvalue weighted by atomic mass is 19.1. The molecule has 0 radical (unpaired) electrons. The van der Waals surface area contributed by atoms with E-state index < -0.39 is 0 Å². The van der Waals surface area contributed by atoms with Crippen LogP contribution >= 0.6 is 0 Å². The number of rotatable bonds is 5. The van der Waals surface area contributed by atoms with Crippen molar-refractivity contribution in [1.82, 2.24) is 5.32 Å². The highest BCUT2D eigenvalue weighted by Crippen LogP contribution is 2.23. The van der Waals surface area contributed by atoms with Gasteiger partial charge in [0, 0.05) is 13.0 Å². The van der Waals surface area contributed by atoms with Gasteiger partial charge in [0.2, 0.25) is 5.91 Å². The molecule has 21 heavy (non-hydrogen) atoms. The number of carbonyl (C=O) groups is 1. The second kappa shape index (κ2) is 7.93. The van der Waals surface area contributed by atoms with Crippen LogP contribution in [0.3, 0.4) is 0 Å². The summed E-state index contributed by atoms with van der Waals surface area (Å²) >= 11 is 0. The van der Waals surface area contributed by atoms with Crippen molar-refractivity contribution in [3.8, 4) is 0 Å². The van der Waals surface area contributed by atoms with Gasteiger partial charge in [0.1, 0.15) is 5.82 Å². The molecule has 0 aliphatic heterocycles. The molecule has 2 rings (SSSR count). The van der Waals surface area contributed by atoms with Crippen molar-refractivity contribution in [2.75, 3.05) is 6.54 Å². The molecule has 1 aromatic carbocycles. The molecule has 1 saturated carbocycles. The van der Waals surface area contributed by atoms with Crippen LogP contribution in [0.5, 0.6) is 0 Å². The van der Waals surface area contributed by atoms with E-state index in [4.69, 9.17) is 0 Å². The lowest BCUT2D eigenvalue weighted by molar-refractivity contribution is -0.120. The Morgan fingerprint density at radius 2 is 2.10 bits per heavy atom. The van der Waals surface area contributed by atoms with Crippen LogP contribution in [0.25, 0.3) is 6.08 Å². The molecule has 1 aliphatic rings. The molecular weight excluding hydrogens is 269 g/mol. The molecule has 0 spiro atoms. The van der Waals surface area contributed by atoms with E-state index in [0.717, 1.165) is 31.2 Å². The maximum atomic E-state index is 12.7.